The van der Waals surface area contributed by atoms with E-state index >= 15 is 0 Å². The largest absolute Gasteiger partial charge is 0.462 e. The van der Waals surface area contributed by atoms with E-state index in [1.165, 1.54) is 25.7 Å². The molecule has 6 heteroatoms. The lowest BCUT2D eigenvalue weighted by molar-refractivity contribution is -0.166. The lowest BCUT2D eigenvalue weighted by Gasteiger charge is -2.18. The van der Waals surface area contributed by atoms with Gasteiger partial charge in [-0.15, -0.1) is 0 Å². The average Bonchev–Trinajstić information content (AvgIpc) is 3.38. The van der Waals surface area contributed by atoms with Gasteiger partial charge >= 0.3 is 17.9 Å². The molecule has 0 fully saturated rings. The van der Waals surface area contributed by atoms with Crippen LogP contribution in [0.1, 0.15) is 220 Å². The van der Waals surface area contributed by atoms with Gasteiger partial charge in [0.15, 0.2) is 6.10 Å². The Morgan fingerprint density at radius 3 is 0.861 bits per heavy atom. The number of hydrogen-bond donors (Lipinski definition) is 0. The van der Waals surface area contributed by atoms with Gasteiger partial charge in [0.05, 0.1) is 0 Å². The summed E-state index contributed by atoms with van der Waals surface area (Å²) in [6, 6.07) is 0. The summed E-state index contributed by atoms with van der Waals surface area (Å²) in [4.78, 5) is 38.2. The molecule has 0 N–H and O–H groups in total. The van der Waals surface area contributed by atoms with Gasteiger partial charge in [0.1, 0.15) is 13.2 Å². The van der Waals surface area contributed by atoms with Gasteiger partial charge in [0.25, 0.3) is 0 Å². The highest BCUT2D eigenvalue weighted by atomic mass is 16.6. The number of carbonyl (C=O) groups excluding carboxylic acids is 3. The second kappa shape index (κ2) is 58.6. The van der Waals surface area contributed by atoms with E-state index in [4.69, 9.17) is 14.2 Å². The number of hydrogen-bond acceptors (Lipinski definition) is 6. The average molecular weight is 992 g/mol. The van der Waals surface area contributed by atoms with Crippen LogP contribution in [0.15, 0.2) is 158 Å². The number of esters is 3. The van der Waals surface area contributed by atoms with Crippen LogP contribution >= 0.6 is 0 Å². The first-order valence-corrected chi connectivity index (χ1v) is 28.5. The van der Waals surface area contributed by atoms with Gasteiger partial charge in [-0.05, 0) is 128 Å². The maximum atomic E-state index is 12.9. The Morgan fingerprint density at radius 2 is 0.528 bits per heavy atom. The number of ether oxygens (including phenoxy) is 3. The minimum Gasteiger partial charge on any atom is -0.462 e. The quantitative estimate of drug-likeness (QED) is 0.0262. The maximum Gasteiger partial charge on any atom is 0.306 e. The van der Waals surface area contributed by atoms with Crippen molar-refractivity contribution in [1.82, 2.24) is 0 Å². The Kier molecular flexibility index (Phi) is 54.6. The third kappa shape index (κ3) is 56.0. The summed E-state index contributed by atoms with van der Waals surface area (Å²) in [5, 5.41) is 0. The third-order valence-electron chi connectivity index (χ3n) is 11.3. The summed E-state index contributed by atoms with van der Waals surface area (Å²) in [7, 11) is 0. The summed E-state index contributed by atoms with van der Waals surface area (Å²) in [5.74, 6) is -1.04. The molecule has 0 aliphatic carbocycles. The van der Waals surface area contributed by atoms with Crippen LogP contribution in [0, 0.1) is 0 Å². The van der Waals surface area contributed by atoms with Crippen LogP contribution in [0.2, 0.25) is 0 Å². The molecular formula is C66H102O6. The van der Waals surface area contributed by atoms with Crippen molar-refractivity contribution in [3.05, 3.63) is 158 Å². The van der Waals surface area contributed by atoms with E-state index in [-0.39, 0.29) is 44.0 Å². The summed E-state index contributed by atoms with van der Waals surface area (Å²) in [6.07, 6.45) is 85.2. The SMILES string of the molecule is CC/C=C\C/C=C\C/C=C\C/C=C\C/C=C\CCC(=O)OCC(COC(=O)CCCCCCCC/C=C\C/C=C\C/C=C\C/C=C\CC)OC(=O)CCCCCCCC/C=C\C/C=C\C/C=C\C/C=C\CC. The molecule has 1 unspecified atom stereocenters. The van der Waals surface area contributed by atoms with Crippen LogP contribution in [-0.2, 0) is 28.6 Å². The first kappa shape index (κ1) is 67.0. The van der Waals surface area contributed by atoms with Crippen molar-refractivity contribution >= 4 is 17.9 Å². The molecule has 0 aromatic rings. The minimum atomic E-state index is -0.831. The second-order valence-electron chi connectivity index (χ2n) is 18.0. The lowest BCUT2D eigenvalue weighted by atomic mass is 10.1. The van der Waals surface area contributed by atoms with Crippen LogP contribution in [-0.4, -0.2) is 37.2 Å². The second-order valence-corrected chi connectivity index (χ2v) is 18.0. The standard InChI is InChI=1S/C66H102O6/c1-4-7-10-13-16-19-22-25-28-31-33-35-38-41-44-47-50-53-56-59-65(68)71-62-63(61-70-64(67)58-55-52-49-46-43-40-37-30-27-24-21-18-15-12-9-6-3)72-66(69)60-57-54-51-48-45-42-39-36-34-32-29-26-23-20-17-14-11-8-5-2/h7-12,16-21,25-30,33-36,40,43,49,52,63H,4-6,13-15,22-24,31-32,37-39,41-42,44-48,50-51,53-62H2,1-3H3/b10-7-,11-8-,12-9-,19-16-,20-17-,21-18-,28-25-,29-26-,30-27-,35-33-,36-34-,43-40-,52-49-. The van der Waals surface area contributed by atoms with Crippen molar-refractivity contribution in [2.24, 2.45) is 0 Å². The van der Waals surface area contributed by atoms with Gasteiger partial charge < -0.3 is 14.2 Å². The van der Waals surface area contributed by atoms with E-state index in [0.717, 1.165) is 148 Å². The zero-order valence-corrected chi connectivity index (χ0v) is 45.9. The molecule has 0 saturated carbocycles. The molecule has 0 aliphatic rings. The Morgan fingerprint density at radius 1 is 0.278 bits per heavy atom. The molecule has 1 atom stereocenters. The molecule has 0 heterocycles. The van der Waals surface area contributed by atoms with Crippen molar-refractivity contribution in [2.75, 3.05) is 13.2 Å². The topological polar surface area (TPSA) is 78.9 Å². The molecule has 0 bridgehead atoms. The molecule has 72 heavy (non-hydrogen) atoms. The Labute approximate surface area is 441 Å². The Bertz CT molecular complexity index is 1660. The van der Waals surface area contributed by atoms with E-state index < -0.39 is 6.10 Å². The number of carbonyl (C=O) groups is 3. The number of rotatable bonds is 49. The van der Waals surface area contributed by atoms with Crippen molar-refractivity contribution in [3.8, 4) is 0 Å². The highest BCUT2D eigenvalue weighted by Gasteiger charge is 2.19. The van der Waals surface area contributed by atoms with Crippen LogP contribution in [0.3, 0.4) is 0 Å². The van der Waals surface area contributed by atoms with Crippen molar-refractivity contribution < 1.29 is 28.6 Å². The van der Waals surface area contributed by atoms with E-state index in [1.54, 1.807) is 0 Å². The number of allylic oxidation sites excluding steroid dienone is 26. The normalized spacial score (nSPS) is 13.3. The molecule has 0 aromatic carbocycles. The predicted octanol–water partition coefficient (Wildman–Crippen LogP) is 19.4. The highest BCUT2D eigenvalue weighted by Crippen LogP contribution is 2.13. The predicted molar refractivity (Wildman–Crippen MR) is 311 cm³/mol. The first-order chi connectivity index (χ1) is 35.5. The zero-order valence-electron chi connectivity index (χ0n) is 45.9. The molecule has 0 amide bonds. The summed E-state index contributed by atoms with van der Waals surface area (Å²) >= 11 is 0. The molecule has 0 radical (unpaired) electrons. The first-order valence-electron chi connectivity index (χ1n) is 28.5. The molecule has 0 aliphatic heterocycles. The Balaban J connectivity index is 4.57. The van der Waals surface area contributed by atoms with Crippen molar-refractivity contribution in [2.45, 2.75) is 226 Å². The van der Waals surface area contributed by atoms with Crippen LogP contribution in [0.25, 0.3) is 0 Å². The summed E-state index contributed by atoms with van der Waals surface area (Å²) < 4.78 is 16.8. The monoisotopic (exact) mass is 991 g/mol. The highest BCUT2D eigenvalue weighted by molar-refractivity contribution is 5.71. The molecule has 0 saturated heterocycles. The van der Waals surface area contributed by atoms with Gasteiger partial charge in [-0.3, -0.25) is 14.4 Å². The van der Waals surface area contributed by atoms with Gasteiger partial charge in [-0.2, -0.15) is 0 Å². The third-order valence-corrected chi connectivity index (χ3v) is 11.3. The van der Waals surface area contributed by atoms with E-state index in [0.29, 0.717) is 12.8 Å². The van der Waals surface area contributed by atoms with Gasteiger partial charge in [-0.1, -0.05) is 230 Å². The zero-order chi connectivity index (χ0) is 52.2. The fourth-order valence-electron chi connectivity index (χ4n) is 7.12. The molecule has 0 aromatic heterocycles. The van der Waals surface area contributed by atoms with Crippen molar-refractivity contribution in [3.63, 3.8) is 0 Å². The van der Waals surface area contributed by atoms with E-state index in [1.807, 2.05) is 12.2 Å². The molecule has 0 rings (SSSR count). The van der Waals surface area contributed by atoms with Gasteiger partial charge in [0, 0.05) is 19.3 Å². The maximum absolute atomic E-state index is 12.9. The Hall–Kier alpha value is -4.97. The van der Waals surface area contributed by atoms with E-state index in [2.05, 4.69) is 167 Å². The van der Waals surface area contributed by atoms with Crippen LogP contribution < -0.4 is 0 Å². The minimum absolute atomic E-state index is 0.122. The summed E-state index contributed by atoms with van der Waals surface area (Å²) in [5.41, 5.74) is 0. The molecular weight excluding hydrogens is 889 g/mol. The van der Waals surface area contributed by atoms with Crippen LogP contribution in [0.4, 0.5) is 0 Å². The molecule has 402 valence electrons. The van der Waals surface area contributed by atoms with Gasteiger partial charge in [-0.25, -0.2) is 0 Å². The fourth-order valence-corrected chi connectivity index (χ4v) is 7.12. The number of unbranched alkanes of at least 4 members (excludes halogenated alkanes) is 12. The van der Waals surface area contributed by atoms with Crippen LogP contribution in [0.5, 0.6) is 0 Å². The van der Waals surface area contributed by atoms with E-state index in [9.17, 15) is 14.4 Å². The lowest BCUT2D eigenvalue weighted by Crippen LogP contribution is -2.30. The summed E-state index contributed by atoms with van der Waals surface area (Å²) in [6.45, 7) is 6.19. The smallest absolute Gasteiger partial charge is 0.306 e. The van der Waals surface area contributed by atoms with Crippen molar-refractivity contribution in [1.29, 1.82) is 0 Å². The molecule has 6 nitrogen and oxygen atoms in total. The fraction of sp³-hybridized carbons (Fsp3) is 0.561. The van der Waals surface area contributed by atoms with Gasteiger partial charge in [0.2, 0.25) is 0 Å². The molecule has 0 spiro atoms.